The molecular formula is C34H24F6N8O4. The van der Waals surface area contributed by atoms with Gasteiger partial charge in [-0.1, -0.05) is 30.3 Å². The molecule has 8 aromatic rings. The molecule has 0 aliphatic carbocycles. The van der Waals surface area contributed by atoms with Gasteiger partial charge in [0.1, 0.15) is 11.0 Å². The minimum Gasteiger partial charge on any atom is -0.423 e. The summed E-state index contributed by atoms with van der Waals surface area (Å²) in [6, 6.07) is 22.4. The van der Waals surface area contributed by atoms with Crippen LogP contribution in [0.15, 0.2) is 93.8 Å². The molecule has 1 atom stereocenters. The maximum atomic E-state index is 12.7. The number of para-hydroxylation sites is 4. The van der Waals surface area contributed by atoms with Gasteiger partial charge in [-0.25, -0.2) is 9.97 Å². The lowest BCUT2D eigenvalue weighted by Crippen LogP contribution is -2.22. The molecule has 0 amide bonds. The standard InChI is InChI=1S/C17H13F3N4O2.C17H11F3N4O2/c2*1-24-12-7-6-9(14(25)17(18,19)20)8-11(12)21-15(24)23-16-22-10-4-2-3-5-13(10)26-16/h2-8,14,25H,1H3,(H,21,22,23);2-8H,1H3,(H,21,22,23). The van der Waals surface area contributed by atoms with Gasteiger partial charge in [0, 0.05) is 19.7 Å². The largest absolute Gasteiger partial charge is 0.454 e. The fraction of sp³-hybridized carbons (Fsp3) is 0.147. The molecule has 4 aromatic heterocycles. The average Bonchev–Trinajstić information content (AvgIpc) is 3.86. The summed E-state index contributed by atoms with van der Waals surface area (Å²) in [5.74, 6) is -1.23. The van der Waals surface area contributed by atoms with E-state index in [0.29, 0.717) is 50.6 Å². The molecule has 266 valence electrons. The number of aliphatic hydroxyl groups excluding tert-OH is 1. The topological polar surface area (TPSA) is 149 Å². The molecule has 1 unspecified atom stereocenters. The number of aryl methyl sites for hydroxylation is 2. The van der Waals surface area contributed by atoms with Crippen molar-refractivity contribution in [3.8, 4) is 0 Å². The van der Waals surface area contributed by atoms with Crippen LogP contribution in [0.5, 0.6) is 0 Å². The normalized spacial score (nSPS) is 12.7. The third kappa shape index (κ3) is 6.58. The minimum absolute atomic E-state index is 0.205. The smallest absolute Gasteiger partial charge is 0.423 e. The number of oxazole rings is 2. The average molecular weight is 723 g/mol. The van der Waals surface area contributed by atoms with Crippen molar-refractivity contribution in [3.63, 3.8) is 0 Å². The van der Waals surface area contributed by atoms with Crippen molar-refractivity contribution in [1.82, 2.24) is 29.1 Å². The lowest BCUT2D eigenvalue weighted by atomic mass is 10.1. The quantitative estimate of drug-likeness (QED) is 0.113. The molecule has 0 radical (unpaired) electrons. The number of aliphatic hydroxyl groups is 1. The second-order valence-corrected chi connectivity index (χ2v) is 11.4. The highest BCUT2D eigenvalue weighted by Gasteiger charge is 2.40. The van der Waals surface area contributed by atoms with Crippen molar-refractivity contribution in [2.45, 2.75) is 18.5 Å². The Hall–Kier alpha value is -6.43. The van der Waals surface area contributed by atoms with Crippen molar-refractivity contribution in [3.05, 3.63) is 96.1 Å². The molecule has 4 aromatic carbocycles. The van der Waals surface area contributed by atoms with E-state index in [-0.39, 0.29) is 23.1 Å². The van der Waals surface area contributed by atoms with Crippen LogP contribution in [0.25, 0.3) is 44.3 Å². The number of ketones is 1. The Morgan fingerprint density at radius 1 is 0.673 bits per heavy atom. The SMILES string of the molecule is Cn1c(Nc2nc3ccccc3o2)nc2cc(C(=O)C(F)(F)F)ccc21.Cn1c(Nc2nc3ccccc3o2)nc2cc(C(O)C(F)(F)F)ccc21. The Morgan fingerprint density at radius 2 is 1.15 bits per heavy atom. The van der Waals surface area contributed by atoms with E-state index in [4.69, 9.17) is 8.83 Å². The number of benzene rings is 4. The number of Topliss-reactive ketones (excluding diaryl/α,β-unsaturated/α-hetero) is 1. The van der Waals surface area contributed by atoms with E-state index in [0.717, 1.165) is 12.1 Å². The van der Waals surface area contributed by atoms with E-state index < -0.39 is 29.8 Å². The van der Waals surface area contributed by atoms with Gasteiger partial charge >= 0.3 is 24.4 Å². The van der Waals surface area contributed by atoms with Gasteiger partial charge in [0.25, 0.3) is 5.78 Å². The maximum Gasteiger partial charge on any atom is 0.454 e. The first-order valence-electron chi connectivity index (χ1n) is 15.2. The van der Waals surface area contributed by atoms with Gasteiger partial charge in [0.2, 0.25) is 11.9 Å². The summed E-state index contributed by atoms with van der Waals surface area (Å²) >= 11 is 0. The summed E-state index contributed by atoms with van der Waals surface area (Å²) < 4.78 is 90.3. The number of alkyl halides is 6. The van der Waals surface area contributed by atoms with Crippen molar-refractivity contribution in [2.24, 2.45) is 14.1 Å². The summed E-state index contributed by atoms with van der Waals surface area (Å²) in [6.07, 6.45) is -12.2. The molecule has 4 heterocycles. The number of hydrogen-bond donors (Lipinski definition) is 3. The van der Waals surface area contributed by atoms with Gasteiger partial charge in [0.15, 0.2) is 17.3 Å². The van der Waals surface area contributed by atoms with E-state index in [2.05, 4.69) is 30.6 Å². The van der Waals surface area contributed by atoms with Crippen LogP contribution in [0.2, 0.25) is 0 Å². The number of nitrogens with one attached hydrogen (secondary N) is 2. The van der Waals surface area contributed by atoms with Gasteiger partial charge in [-0.2, -0.15) is 36.3 Å². The predicted molar refractivity (Wildman–Crippen MR) is 177 cm³/mol. The maximum absolute atomic E-state index is 12.7. The zero-order chi connectivity index (χ0) is 36.9. The van der Waals surface area contributed by atoms with Crippen molar-refractivity contribution in [2.75, 3.05) is 10.6 Å². The number of imidazole rings is 2. The minimum atomic E-state index is -4.93. The van der Waals surface area contributed by atoms with Crippen molar-refractivity contribution in [1.29, 1.82) is 0 Å². The molecule has 0 aliphatic heterocycles. The molecule has 3 N–H and O–H groups in total. The van der Waals surface area contributed by atoms with E-state index in [1.807, 2.05) is 24.3 Å². The molecule has 8 rings (SSSR count). The highest BCUT2D eigenvalue weighted by Crippen LogP contribution is 2.34. The molecule has 18 heteroatoms. The van der Waals surface area contributed by atoms with Crippen molar-refractivity contribution < 1.29 is 45.1 Å². The fourth-order valence-electron chi connectivity index (χ4n) is 5.35. The second-order valence-electron chi connectivity index (χ2n) is 11.4. The molecule has 0 saturated heterocycles. The summed E-state index contributed by atoms with van der Waals surface area (Å²) in [6.45, 7) is 0. The number of fused-ring (bicyclic) bond motifs is 4. The Morgan fingerprint density at radius 3 is 1.63 bits per heavy atom. The third-order valence-electron chi connectivity index (χ3n) is 7.96. The first-order chi connectivity index (χ1) is 24.7. The van der Waals surface area contributed by atoms with Crippen LogP contribution in [0, 0.1) is 0 Å². The monoisotopic (exact) mass is 722 g/mol. The van der Waals surface area contributed by atoms with Crippen LogP contribution < -0.4 is 10.6 Å². The molecule has 52 heavy (non-hydrogen) atoms. The molecular weight excluding hydrogens is 698 g/mol. The number of hydrogen-bond acceptors (Lipinski definition) is 10. The lowest BCUT2D eigenvalue weighted by molar-refractivity contribution is -0.206. The predicted octanol–water partition coefficient (Wildman–Crippen LogP) is 8.26. The van der Waals surface area contributed by atoms with Crippen LogP contribution in [0.1, 0.15) is 22.0 Å². The third-order valence-corrected chi connectivity index (χ3v) is 7.96. The zero-order valence-electron chi connectivity index (χ0n) is 26.8. The van der Waals surface area contributed by atoms with E-state index in [1.165, 1.54) is 24.3 Å². The van der Waals surface area contributed by atoms with Crippen LogP contribution in [-0.4, -0.2) is 52.3 Å². The van der Waals surface area contributed by atoms with Gasteiger partial charge in [-0.05, 0) is 60.2 Å². The number of halogens is 6. The summed E-state index contributed by atoms with van der Waals surface area (Å²) in [7, 11) is 3.39. The van der Waals surface area contributed by atoms with Crippen molar-refractivity contribution >= 4 is 74.0 Å². The number of rotatable bonds is 6. The Labute approximate surface area is 287 Å². The number of nitrogens with zero attached hydrogens (tertiary/aromatic N) is 6. The molecule has 0 fully saturated rings. The summed E-state index contributed by atoms with van der Waals surface area (Å²) in [5.41, 5.74) is 3.51. The van der Waals surface area contributed by atoms with Crippen LogP contribution in [0.4, 0.5) is 50.3 Å². The molecule has 0 bridgehead atoms. The van der Waals surface area contributed by atoms with Crippen LogP contribution >= 0.6 is 0 Å². The highest BCUT2D eigenvalue weighted by molar-refractivity contribution is 6.02. The van der Waals surface area contributed by atoms with E-state index in [9.17, 15) is 36.2 Å². The number of anilines is 4. The first kappa shape index (κ1) is 34.0. The zero-order valence-corrected chi connectivity index (χ0v) is 26.8. The van der Waals surface area contributed by atoms with E-state index >= 15 is 0 Å². The summed E-state index contributed by atoms with van der Waals surface area (Å²) in [5, 5.41) is 15.2. The molecule has 0 spiro atoms. The molecule has 12 nitrogen and oxygen atoms in total. The number of carbonyl (C=O) groups is 1. The summed E-state index contributed by atoms with van der Waals surface area (Å²) in [4.78, 5) is 28.4. The van der Waals surface area contributed by atoms with E-state index in [1.54, 1.807) is 47.5 Å². The Kier molecular flexibility index (Phi) is 8.32. The molecule has 0 saturated carbocycles. The highest BCUT2D eigenvalue weighted by atomic mass is 19.4. The fourth-order valence-corrected chi connectivity index (χ4v) is 5.35. The Bertz CT molecular complexity index is 2540. The van der Waals surface area contributed by atoms with Gasteiger partial charge in [-0.3, -0.25) is 15.4 Å². The van der Waals surface area contributed by atoms with Gasteiger partial charge in [0.05, 0.1) is 22.1 Å². The van der Waals surface area contributed by atoms with Gasteiger partial charge in [-0.15, -0.1) is 0 Å². The molecule has 0 aliphatic rings. The van der Waals surface area contributed by atoms with Crippen LogP contribution in [-0.2, 0) is 14.1 Å². The lowest BCUT2D eigenvalue weighted by Gasteiger charge is -2.14. The van der Waals surface area contributed by atoms with Crippen LogP contribution in [0.3, 0.4) is 0 Å². The number of aromatic nitrogens is 6. The second kappa shape index (κ2) is 12.7. The first-order valence-corrected chi connectivity index (χ1v) is 15.2. The Balaban J connectivity index is 0.000000162. The van der Waals surface area contributed by atoms with Gasteiger partial charge < -0.3 is 23.1 Å². The number of carbonyl (C=O) groups excluding carboxylic acids is 1.